The lowest BCUT2D eigenvalue weighted by molar-refractivity contribution is -0.00119. The first kappa shape index (κ1) is 21.4. The predicted molar refractivity (Wildman–Crippen MR) is 125 cm³/mol. The van der Waals surface area contributed by atoms with Crippen molar-refractivity contribution in [3.63, 3.8) is 0 Å². The summed E-state index contributed by atoms with van der Waals surface area (Å²) in [7, 11) is 0. The zero-order valence-corrected chi connectivity index (χ0v) is 18.7. The molecule has 1 aromatic heterocycles. The SMILES string of the molecule is Cc1ccccc1[C@@H](OC[C@H](O)Cn1cnc2ccc(Br)cc2c1=O)c1ccccc1. The second-order valence-electron chi connectivity index (χ2n) is 7.50. The summed E-state index contributed by atoms with van der Waals surface area (Å²) < 4.78 is 8.42. The Balaban J connectivity index is 1.53. The standard InChI is InChI=1S/C25H23BrN2O3/c1-17-7-5-6-10-21(17)24(18-8-3-2-4-9-18)31-15-20(29)14-28-16-27-23-12-11-19(26)13-22(23)25(28)30/h2-13,16,20,24,29H,14-15H2,1H3/t20-,24+/m1/s1. The lowest BCUT2D eigenvalue weighted by Crippen LogP contribution is -2.30. The van der Waals surface area contributed by atoms with Gasteiger partial charge in [-0.1, -0.05) is 70.5 Å². The number of aryl methyl sites for hydroxylation is 1. The summed E-state index contributed by atoms with van der Waals surface area (Å²) in [5.74, 6) is 0. The maximum atomic E-state index is 12.8. The van der Waals surface area contributed by atoms with E-state index in [-0.39, 0.29) is 24.8 Å². The molecule has 1 heterocycles. The Kier molecular flexibility index (Phi) is 6.61. The van der Waals surface area contributed by atoms with E-state index in [2.05, 4.69) is 20.9 Å². The first-order valence-electron chi connectivity index (χ1n) is 10.1. The molecule has 0 bridgehead atoms. The van der Waals surface area contributed by atoms with E-state index < -0.39 is 6.10 Å². The van der Waals surface area contributed by atoms with Crippen molar-refractivity contribution in [2.24, 2.45) is 0 Å². The summed E-state index contributed by atoms with van der Waals surface area (Å²) in [4.78, 5) is 17.1. The summed E-state index contributed by atoms with van der Waals surface area (Å²) in [6.07, 6.45) is 0.302. The van der Waals surface area contributed by atoms with Gasteiger partial charge in [-0.3, -0.25) is 9.36 Å². The van der Waals surface area contributed by atoms with Crippen molar-refractivity contribution in [1.82, 2.24) is 9.55 Å². The van der Waals surface area contributed by atoms with Crippen LogP contribution in [-0.2, 0) is 11.3 Å². The van der Waals surface area contributed by atoms with E-state index in [1.165, 1.54) is 10.9 Å². The van der Waals surface area contributed by atoms with Crippen LogP contribution < -0.4 is 5.56 Å². The quantitative estimate of drug-likeness (QED) is 0.420. The molecule has 0 saturated carbocycles. The van der Waals surface area contributed by atoms with E-state index in [9.17, 15) is 9.90 Å². The van der Waals surface area contributed by atoms with Crippen molar-refractivity contribution in [1.29, 1.82) is 0 Å². The van der Waals surface area contributed by atoms with Crippen molar-refractivity contribution in [2.45, 2.75) is 25.7 Å². The number of hydrogen-bond acceptors (Lipinski definition) is 4. The van der Waals surface area contributed by atoms with Crippen LogP contribution in [0.2, 0.25) is 0 Å². The zero-order valence-electron chi connectivity index (χ0n) is 17.1. The first-order chi connectivity index (χ1) is 15.0. The molecule has 0 spiro atoms. The molecule has 3 aromatic carbocycles. The number of rotatable bonds is 7. The van der Waals surface area contributed by atoms with Crippen LogP contribution >= 0.6 is 15.9 Å². The number of benzene rings is 3. The monoisotopic (exact) mass is 478 g/mol. The molecule has 31 heavy (non-hydrogen) atoms. The highest BCUT2D eigenvalue weighted by molar-refractivity contribution is 9.10. The van der Waals surface area contributed by atoms with Crippen LogP contribution in [0.25, 0.3) is 10.9 Å². The van der Waals surface area contributed by atoms with E-state index in [0.29, 0.717) is 10.9 Å². The Bertz CT molecular complexity index is 1240. The largest absolute Gasteiger partial charge is 0.389 e. The van der Waals surface area contributed by atoms with Crippen LogP contribution in [0.1, 0.15) is 22.8 Å². The van der Waals surface area contributed by atoms with Crippen molar-refractivity contribution >= 4 is 26.8 Å². The molecule has 2 atom stereocenters. The lowest BCUT2D eigenvalue weighted by Gasteiger charge is -2.23. The Morgan fingerprint density at radius 2 is 1.81 bits per heavy atom. The van der Waals surface area contributed by atoms with Gasteiger partial charge in [0.1, 0.15) is 6.10 Å². The third-order valence-corrected chi connectivity index (χ3v) is 5.72. The Morgan fingerprint density at radius 1 is 1.06 bits per heavy atom. The van der Waals surface area contributed by atoms with Gasteiger partial charge in [-0.15, -0.1) is 0 Å². The van der Waals surface area contributed by atoms with E-state index in [1.807, 2.05) is 67.6 Å². The van der Waals surface area contributed by atoms with Crippen LogP contribution in [0.15, 0.2) is 88.4 Å². The van der Waals surface area contributed by atoms with Crippen LogP contribution in [0, 0.1) is 6.92 Å². The average molecular weight is 479 g/mol. The number of aliphatic hydroxyl groups excluding tert-OH is 1. The van der Waals surface area contributed by atoms with Gasteiger partial charge in [0.15, 0.2) is 0 Å². The minimum Gasteiger partial charge on any atom is -0.389 e. The number of aliphatic hydroxyl groups is 1. The maximum Gasteiger partial charge on any atom is 0.261 e. The molecule has 0 aliphatic heterocycles. The Hall–Kier alpha value is -2.80. The highest BCUT2D eigenvalue weighted by Gasteiger charge is 2.19. The van der Waals surface area contributed by atoms with Gasteiger partial charge in [-0.05, 0) is 41.8 Å². The highest BCUT2D eigenvalue weighted by Crippen LogP contribution is 2.28. The van der Waals surface area contributed by atoms with Crippen molar-refractivity contribution < 1.29 is 9.84 Å². The average Bonchev–Trinajstić information content (AvgIpc) is 2.78. The smallest absolute Gasteiger partial charge is 0.261 e. The van der Waals surface area contributed by atoms with E-state index in [4.69, 9.17) is 4.74 Å². The number of fused-ring (bicyclic) bond motifs is 1. The molecule has 6 heteroatoms. The molecule has 158 valence electrons. The normalized spacial score (nSPS) is 13.3. The molecule has 4 aromatic rings. The molecule has 0 fully saturated rings. The fourth-order valence-electron chi connectivity index (χ4n) is 3.62. The van der Waals surface area contributed by atoms with Gasteiger partial charge >= 0.3 is 0 Å². The van der Waals surface area contributed by atoms with Crippen molar-refractivity contribution in [3.8, 4) is 0 Å². The van der Waals surface area contributed by atoms with Gasteiger partial charge < -0.3 is 9.84 Å². The predicted octanol–water partition coefficient (Wildman–Crippen LogP) is 4.63. The number of ether oxygens (including phenoxy) is 1. The highest BCUT2D eigenvalue weighted by atomic mass is 79.9. The third kappa shape index (κ3) is 4.93. The van der Waals surface area contributed by atoms with Crippen LogP contribution in [-0.4, -0.2) is 27.4 Å². The van der Waals surface area contributed by atoms with Crippen LogP contribution in [0.4, 0.5) is 0 Å². The second kappa shape index (κ2) is 9.56. The van der Waals surface area contributed by atoms with Gasteiger partial charge in [-0.25, -0.2) is 4.98 Å². The number of nitrogens with zero attached hydrogens (tertiary/aromatic N) is 2. The van der Waals surface area contributed by atoms with E-state index in [1.54, 1.807) is 12.1 Å². The van der Waals surface area contributed by atoms with Gasteiger partial charge in [-0.2, -0.15) is 0 Å². The van der Waals surface area contributed by atoms with Gasteiger partial charge in [0.25, 0.3) is 5.56 Å². The molecule has 5 nitrogen and oxygen atoms in total. The molecule has 0 radical (unpaired) electrons. The van der Waals surface area contributed by atoms with Gasteiger partial charge in [0.05, 0.1) is 36.5 Å². The molecule has 0 saturated heterocycles. The van der Waals surface area contributed by atoms with Crippen molar-refractivity contribution in [2.75, 3.05) is 6.61 Å². The Labute approximate surface area is 189 Å². The summed E-state index contributed by atoms with van der Waals surface area (Å²) in [6.45, 7) is 2.23. The number of halogens is 1. The maximum absolute atomic E-state index is 12.8. The molecule has 0 unspecified atom stereocenters. The lowest BCUT2D eigenvalue weighted by atomic mass is 9.97. The minimum atomic E-state index is -0.862. The van der Waals surface area contributed by atoms with E-state index >= 15 is 0 Å². The zero-order chi connectivity index (χ0) is 21.8. The third-order valence-electron chi connectivity index (χ3n) is 5.22. The molecular formula is C25H23BrN2O3. The molecule has 0 amide bonds. The topological polar surface area (TPSA) is 64.3 Å². The molecule has 1 N–H and O–H groups in total. The fourth-order valence-corrected chi connectivity index (χ4v) is 3.98. The minimum absolute atomic E-state index is 0.0802. The van der Waals surface area contributed by atoms with E-state index in [0.717, 1.165) is 21.2 Å². The second-order valence-corrected chi connectivity index (χ2v) is 8.41. The van der Waals surface area contributed by atoms with Crippen molar-refractivity contribution in [3.05, 3.63) is 111 Å². The fraction of sp³-hybridized carbons (Fsp3) is 0.200. The number of hydrogen-bond donors (Lipinski definition) is 1. The molecule has 0 aliphatic rings. The van der Waals surface area contributed by atoms with Gasteiger partial charge in [0.2, 0.25) is 0 Å². The Morgan fingerprint density at radius 3 is 2.58 bits per heavy atom. The molecule has 0 aliphatic carbocycles. The summed E-state index contributed by atoms with van der Waals surface area (Å²) >= 11 is 3.39. The summed E-state index contributed by atoms with van der Waals surface area (Å²) in [5, 5.41) is 11.2. The summed E-state index contributed by atoms with van der Waals surface area (Å²) in [5.41, 5.74) is 3.61. The van der Waals surface area contributed by atoms with Crippen LogP contribution in [0.5, 0.6) is 0 Å². The van der Waals surface area contributed by atoms with Crippen LogP contribution in [0.3, 0.4) is 0 Å². The number of aromatic nitrogens is 2. The molecule has 4 rings (SSSR count). The van der Waals surface area contributed by atoms with Gasteiger partial charge in [0, 0.05) is 4.47 Å². The molecular weight excluding hydrogens is 456 g/mol. The first-order valence-corrected chi connectivity index (χ1v) is 10.9. The summed E-state index contributed by atoms with van der Waals surface area (Å²) in [6, 6.07) is 23.4.